The maximum absolute atomic E-state index is 4.69. The van der Waals surface area contributed by atoms with E-state index >= 15 is 0 Å². The normalized spacial score (nSPS) is 13.3. The van der Waals surface area contributed by atoms with E-state index in [0.717, 1.165) is 31.4 Å². The highest BCUT2D eigenvalue weighted by molar-refractivity contribution is 7.07. The smallest absolute Gasteiger partial charge is 0.191 e. The molecule has 0 aliphatic heterocycles. The van der Waals surface area contributed by atoms with Gasteiger partial charge in [-0.2, -0.15) is 11.3 Å². The SMILES string of the molecule is CCNC(=NCc1nccn1CC(C)C)NCC(C)c1ccsc1. The van der Waals surface area contributed by atoms with Gasteiger partial charge in [-0.25, -0.2) is 9.98 Å². The summed E-state index contributed by atoms with van der Waals surface area (Å²) in [5.41, 5.74) is 1.37. The van der Waals surface area contributed by atoms with E-state index in [2.05, 4.69) is 64.7 Å². The molecule has 0 saturated heterocycles. The van der Waals surface area contributed by atoms with Crippen molar-refractivity contribution in [1.29, 1.82) is 0 Å². The summed E-state index contributed by atoms with van der Waals surface area (Å²) < 4.78 is 2.19. The van der Waals surface area contributed by atoms with E-state index in [1.54, 1.807) is 11.3 Å². The molecule has 2 aromatic rings. The van der Waals surface area contributed by atoms with Crippen LogP contribution in [0.1, 0.15) is 45.0 Å². The fourth-order valence-corrected chi connectivity index (χ4v) is 3.25. The number of aliphatic imine (C=N–C) groups is 1. The van der Waals surface area contributed by atoms with Crippen LogP contribution in [0, 0.1) is 5.92 Å². The van der Waals surface area contributed by atoms with Gasteiger partial charge in [0.2, 0.25) is 0 Å². The second-order valence-corrected chi connectivity index (χ2v) is 7.20. The van der Waals surface area contributed by atoms with Gasteiger partial charge in [-0.05, 0) is 41.1 Å². The summed E-state index contributed by atoms with van der Waals surface area (Å²) in [7, 11) is 0. The molecule has 0 radical (unpaired) electrons. The lowest BCUT2D eigenvalue weighted by Crippen LogP contribution is -2.39. The van der Waals surface area contributed by atoms with Gasteiger partial charge in [-0.3, -0.25) is 0 Å². The predicted molar refractivity (Wildman–Crippen MR) is 103 cm³/mol. The Balaban J connectivity index is 1.94. The zero-order valence-electron chi connectivity index (χ0n) is 15.1. The number of nitrogens with zero attached hydrogens (tertiary/aromatic N) is 3. The molecule has 2 heterocycles. The average Bonchev–Trinajstić information content (AvgIpc) is 3.21. The van der Waals surface area contributed by atoms with Crippen molar-refractivity contribution >= 4 is 17.3 Å². The first-order chi connectivity index (χ1) is 11.6. The van der Waals surface area contributed by atoms with Crippen LogP contribution >= 0.6 is 11.3 Å². The Morgan fingerprint density at radius 2 is 2.17 bits per heavy atom. The van der Waals surface area contributed by atoms with Crippen LogP contribution in [0.2, 0.25) is 0 Å². The summed E-state index contributed by atoms with van der Waals surface area (Å²) in [4.78, 5) is 9.13. The highest BCUT2D eigenvalue weighted by Crippen LogP contribution is 2.17. The molecular formula is C18H29N5S. The number of aromatic nitrogens is 2. The summed E-state index contributed by atoms with van der Waals surface area (Å²) in [6, 6.07) is 2.18. The zero-order valence-corrected chi connectivity index (χ0v) is 15.9. The molecule has 0 aliphatic carbocycles. The van der Waals surface area contributed by atoms with Crippen molar-refractivity contribution < 1.29 is 0 Å². The molecule has 0 bridgehead atoms. The highest BCUT2D eigenvalue weighted by atomic mass is 32.1. The Bertz CT molecular complexity index is 615. The van der Waals surface area contributed by atoms with Crippen LogP contribution in [0.5, 0.6) is 0 Å². The van der Waals surface area contributed by atoms with Crippen molar-refractivity contribution in [2.45, 2.75) is 46.7 Å². The maximum Gasteiger partial charge on any atom is 0.191 e. The maximum atomic E-state index is 4.69. The van der Waals surface area contributed by atoms with E-state index in [9.17, 15) is 0 Å². The molecule has 24 heavy (non-hydrogen) atoms. The van der Waals surface area contributed by atoms with Crippen molar-refractivity contribution in [3.8, 4) is 0 Å². The Morgan fingerprint density at radius 1 is 1.33 bits per heavy atom. The lowest BCUT2D eigenvalue weighted by molar-refractivity contribution is 0.507. The standard InChI is InChI=1S/C18H29N5S/c1-5-19-18(21-10-15(4)16-6-9-24-13-16)22-11-17-20-7-8-23(17)12-14(2)3/h6-9,13-15H,5,10-12H2,1-4H3,(H2,19,21,22). The Labute approximate surface area is 149 Å². The summed E-state index contributed by atoms with van der Waals surface area (Å²) in [5, 5.41) is 11.1. The van der Waals surface area contributed by atoms with E-state index in [1.807, 2.05) is 12.4 Å². The molecule has 2 rings (SSSR count). The fraction of sp³-hybridized carbons (Fsp3) is 0.556. The molecule has 2 N–H and O–H groups in total. The number of rotatable bonds is 8. The Morgan fingerprint density at radius 3 is 2.83 bits per heavy atom. The van der Waals surface area contributed by atoms with Crippen LogP contribution in [0.3, 0.4) is 0 Å². The number of thiophene rings is 1. The van der Waals surface area contributed by atoms with E-state index in [0.29, 0.717) is 18.4 Å². The van der Waals surface area contributed by atoms with Crippen LogP contribution < -0.4 is 10.6 Å². The summed E-state index contributed by atoms with van der Waals surface area (Å²) in [5.74, 6) is 2.91. The predicted octanol–water partition coefficient (Wildman–Crippen LogP) is 3.46. The van der Waals surface area contributed by atoms with Crippen molar-refractivity contribution in [3.63, 3.8) is 0 Å². The fourth-order valence-electron chi connectivity index (χ4n) is 2.47. The van der Waals surface area contributed by atoms with Gasteiger partial charge in [0, 0.05) is 32.0 Å². The Kier molecular flexibility index (Phi) is 7.31. The minimum absolute atomic E-state index is 0.461. The summed E-state index contributed by atoms with van der Waals surface area (Å²) >= 11 is 1.74. The van der Waals surface area contributed by atoms with Gasteiger partial charge >= 0.3 is 0 Å². The third-order valence-electron chi connectivity index (χ3n) is 3.77. The largest absolute Gasteiger partial charge is 0.357 e. The molecule has 0 saturated carbocycles. The molecule has 0 spiro atoms. The molecule has 0 fully saturated rings. The van der Waals surface area contributed by atoms with Gasteiger partial charge < -0.3 is 15.2 Å². The van der Waals surface area contributed by atoms with Crippen LogP contribution in [-0.4, -0.2) is 28.6 Å². The average molecular weight is 348 g/mol. The molecular weight excluding hydrogens is 318 g/mol. The van der Waals surface area contributed by atoms with Crippen LogP contribution in [0.4, 0.5) is 0 Å². The van der Waals surface area contributed by atoms with E-state index in [1.165, 1.54) is 5.56 Å². The minimum atomic E-state index is 0.461. The molecule has 0 aromatic carbocycles. The Hall–Kier alpha value is -1.82. The molecule has 1 unspecified atom stereocenters. The van der Waals surface area contributed by atoms with E-state index < -0.39 is 0 Å². The van der Waals surface area contributed by atoms with Crippen molar-refractivity contribution in [2.75, 3.05) is 13.1 Å². The van der Waals surface area contributed by atoms with E-state index in [-0.39, 0.29) is 0 Å². The third-order valence-corrected chi connectivity index (χ3v) is 4.48. The second kappa shape index (κ2) is 9.47. The van der Waals surface area contributed by atoms with Crippen molar-refractivity contribution in [3.05, 3.63) is 40.6 Å². The first kappa shape index (κ1) is 18.5. The molecule has 6 heteroatoms. The monoisotopic (exact) mass is 347 g/mol. The van der Waals surface area contributed by atoms with Crippen LogP contribution in [-0.2, 0) is 13.1 Å². The molecule has 132 valence electrons. The number of nitrogens with one attached hydrogen (secondary N) is 2. The van der Waals surface area contributed by atoms with Gasteiger partial charge in [0.15, 0.2) is 5.96 Å². The van der Waals surface area contributed by atoms with E-state index in [4.69, 9.17) is 4.99 Å². The lowest BCUT2D eigenvalue weighted by Gasteiger charge is -2.15. The third kappa shape index (κ3) is 5.67. The van der Waals surface area contributed by atoms with Gasteiger partial charge in [0.1, 0.15) is 12.4 Å². The van der Waals surface area contributed by atoms with Crippen molar-refractivity contribution in [1.82, 2.24) is 20.2 Å². The molecule has 1 atom stereocenters. The topological polar surface area (TPSA) is 54.2 Å². The van der Waals surface area contributed by atoms with Crippen LogP contribution in [0.15, 0.2) is 34.2 Å². The molecule has 0 amide bonds. The first-order valence-electron chi connectivity index (χ1n) is 8.64. The zero-order chi connectivity index (χ0) is 17.4. The van der Waals surface area contributed by atoms with Gasteiger partial charge in [-0.15, -0.1) is 0 Å². The quantitative estimate of drug-likeness (QED) is 0.568. The molecule has 5 nitrogen and oxygen atoms in total. The van der Waals surface area contributed by atoms with Crippen LogP contribution in [0.25, 0.3) is 0 Å². The molecule has 0 aliphatic rings. The highest BCUT2D eigenvalue weighted by Gasteiger charge is 2.08. The second-order valence-electron chi connectivity index (χ2n) is 6.42. The summed E-state index contributed by atoms with van der Waals surface area (Å²) in [6.45, 7) is 12.0. The van der Waals surface area contributed by atoms with Gasteiger partial charge in [-0.1, -0.05) is 20.8 Å². The van der Waals surface area contributed by atoms with Gasteiger partial charge in [0.05, 0.1) is 0 Å². The summed E-state index contributed by atoms with van der Waals surface area (Å²) in [6.07, 6.45) is 3.88. The number of imidazole rings is 1. The number of hydrogen-bond acceptors (Lipinski definition) is 3. The van der Waals surface area contributed by atoms with Gasteiger partial charge in [0.25, 0.3) is 0 Å². The number of guanidine groups is 1. The lowest BCUT2D eigenvalue weighted by atomic mass is 10.1. The minimum Gasteiger partial charge on any atom is -0.357 e. The molecule has 2 aromatic heterocycles. The van der Waals surface area contributed by atoms with Crippen molar-refractivity contribution in [2.24, 2.45) is 10.9 Å². The number of hydrogen-bond donors (Lipinski definition) is 2. The first-order valence-corrected chi connectivity index (χ1v) is 9.58.